The Morgan fingerprint density at radius 3 is 2.09 bits per heavy atom. The summed E-state index contributed by atoms with van der Waals surface area (Å²) in [4.78, 5) is 21.7. The van der Waals surface area contributed by atoms with Gasteiger partial charge in [-0.2, -0.15) is 4.98 Å². The van der Waals surface area contributed by atoms with Crippen molar-refractivity contribution in [2.24, 2.45) is 0 Å². The van der Waals surface area contributed by atoms with Crippen molar-refractivity contribution >= 4 is 11.7 Å². The number of likely N-dealkylation sites (tertiary alicyclic amines) is 1. The number of esters is 1. The number of pyridine rings is 1. The van der Waals surface area contributed by atoms with Crippen LogP contribution < -0.4 is 14.4 Å². The summed E-state index contributed by atoms with van der Waals surface area (Å²) in [6.07, 6.45) is 1.77. The van der Waals surface area contributed by atoms with Gasteiger partial charge in [0.25, 0.3) is 0 Å². The van der Waals surface area contributed by atoms with Crippen LogP contribution in [0.1, 0.15) is 44.7 Å². The van der Waals surface area contributed by atoms with E-state index in [0.29, 0.717) is 38.1 Å². The molecule has 4 aromatic rings. The molecule has 0 saturated carbocycles. The molecule has 8 heteroatoms. The summed E-state index contributed by atoms with van der Waals surface area (Å²) in [5.41, 5.74) is 4.58. The molecule has 0 unspecified atom stereocenters. The lowest BCUT2D eigenvalue weighted by Crippen LogP contribution is -2.57. The van der Waals surface area contributed by atoms with Crippen LogP contribution in [0.2, 0.25) is 0 Å². The van der Waals surface area contributed by atoms with Gasteiger partial charge in [-0.1, -0.05) is 72.8 Å². The maximum Gasteiger partial charge on any atom is 0.320 e. The van der Waals surface area contributed by atoms with Crippen LogP contribution in [0.4, 0.5) is 5.69 Å². The molecule has 2 saturated heterocycles. The standard InChI is InChI=1S/C39H45N3O5/c1-38(2,3)47-36(43)26-41-22-20-39(21-23-41)29-42(24-25-46-39)33-16-14-32(15-17-33)34-18-19-35(44-27-30-10-6-4-7-11-30)40-37(34)45-28-31-12-8-5-9-13-31/h4-19H,20-29H2,1-3H3. The van der Waals surface area contributed by atoms with E-state index >= 15 is 0 Å². The molecule has 3 aromatic carbocycles. The van der Waals surface area contributed by atoms with E-state index in [1.165, 1.54) is 0 Å². The number of hydrogen-bond donors (Lipinski definition) is 0. The fourth-order valence-corrected chi connectivity index (χ4v) is 6.19. The van der Waals surface area contributed by atoms with Gasteiger partial charge in [0.1, 0.15) is 18.8 Å². The second-order valence-corrected chi connectivity index (χ2v) is 13.4. The van der Waals surface area contributed by atoms with Gasteiger partial charge in [-0.3, -0.25) is 9.69 Å². The van der Waals surface area contributed by atoms with Gasteiger partial charge in [0.15, 0.2) is 0 Å². The number of rotatable bonds is 10. The molecule has 8 nitrogen and oxygen atoms in total. The maximum atomic E-state index is 12.4. The number of morpholine rings is 1. The summed E-state index contributed by atoms with van der Waals surface area (Å²) in [6.45, 7) is 10.9. The summed E-state index contributed by atoms with van der Waals surface area (Å²) < 4.78 is 24.3. The summed E-state index contributed by atoms with van der Waals surface area (Å²) >= 11 is 0. The number of hydrogen-bond acceptors (Lipinski definition) is 8. The zero-order chi connectivity index (χ0) is 32.7. The Labute approximate surface area is 278 Å². The Kier molecular flexibility index (Phi) is 10.1. The first kappa shape index (κ1) is 32.5. The Bertz CT molecular complexity index is 1600. The van der Waals surface area contributed by atoms with Gasteiger partial charge in [0.2, 0.25) is 11.8 Å². The zero-order valence-electron chi connectivity index (χ0n) is 27.7. The highest BCUT2D eigenvalue weighted by atomic mass is 16.6. The molecule has 47 heavy (non-hydrogen) atoms. The van der Waals surface area contributed by atoms with Crippen molar-refractivity contribution in [2.75, 3.05) is 44.2 Å². The number of carbonyl (C=O) groups excluding carboxylic acids is 1. The van der Waals surface area contributed by atoms with Gasteiger partial charge >= 0.3 is 5.97 Å². The molecule has 0 N–H and O–H groups in total. The van der Waals surface area contributed by atoms with Crippen molar-refractivity contribution in [1.82, 2.24) is 9.88 Å². The highest BCUT2D eigenvalue weighted by Crippen LogP contribution is 2.35. The van der Waals surface area contributed by atoms with E-state index in [-0.39, 0.29) is 11.6 Å². The first-order chi connectivity index (χ1) is 22.7. The molecule has 1 aromatic heterocycles. The summed E-state index contributed by atoms with van der Waals surface area (Å²) in [6, 6.07) is 32.7. The summed E-state index contributed by atoms with van der Waals surface area (Å²) in [5.74, 6) is 0.890. The van der Waals surface area contributed by atoms with Gasteiger partial charge in [0, 0.05) is 43.5 Å². The van der Waals surface area contributed by atoms with Crippen LogP contribution in [0.15, 0.2) is 97.1 Å². The minimum atomic E-state index is -0.468. The third-order valence-corrected chi connectivity index (χ3v) is 8.61. The van der Waals surface area contributed by atoms with E-state index in [2.05, 4.69) is 34.1 Å². The number of aromatic nitrogens is 1. The molecule has 0 radical (unpaired) electrons. The smallest absolute Gasteiger partial charge is 0.320 e. The molecule has 2 aliphatic rings. The minimum Gasteiger partial charge on any atom is -0.473 e. The first-order valence-corrected chi connectivity index (χ1v) is 16.5. The van der Waals surface area contributed by atoms with Gasteiger partial charge in [-0.15, -0.1) is 0 Å². The predicted molar refractivity (Wildman–Crippen MR) is 184 cm³/mol. The third kappa shape index (κ3) is 8.90. The van der Waals surface area contributed by atoms with Crippen molar-refractivity contribution in [2.45, 2.75) is 58.0 Å². The van der Waals surface area contributed by atoms with E-state index in [4.69, 9.17) is 23.9 Å². The molecule has 3 heterocycles. The average molecular weight is 636 g/mol. The molecular formula is C39H45N3O5. The minimum absolute atomic E-state index is 0.169. The predicted octanol–water partition coefficient (Wildman–Crippen LogP) is 6.92. The lowest BCUT2D eigenvalue weighted by molar-refractivity contribution is -0.158. The molecule has 246 valence electrons. The second-order valence-electron chi connectivity index (χ2n) is 13.4. The van der Waals surface area contributed by atoms with Crippen molar-refractivity contribution in [3.05, 3.63) is 108 Å². The monoisotopic (exact) mass is 635 g/mol. The van der Waals surface area contributed by atoms with E-state index in [0.717, 1.165) is 67.0 Å². The molecule has 1 spiro atoms. The average Bonchev–Trinajstić information content (AvgIpc) is 3.08. The van der Waals surface area contributed by atoms with Crippen molar-refractivity contribution in [3.8, 4) is 22.9 Å². The lowest BCUT2D eigenvalue weighted by atomic mass is 9.89. The topological polar surface area (TPSA) is 73.4 Å². The Morgan fingerprint density at radius 1 is 0.809 bits per heavy atom. The second kappa shape index (κ2) is 14.6. The van der Waals surface area contributed by atoms with Crippen LogP contribution in [0.3, 0.4) is 0 Å². The van der Waals surface area contributed by atoms with Gasteiger partial charge in [-0.05, 0) is 68.5 Å². The van der Waals surface area contributed by atoms with Gasteiger partial charge in [0.05, 0.1) is 18.8 Å². The van der Waals surface area contributed by atoms with E-state index < -0.39 is 5.60 Å². The number of benzene rings is 3. The summed E-state index contributed by atoms with van der Waals surface area (Å²) in [7, 11) is 0. The van der Waals surface area contributed by atoms with Crippen LogP contribution in [-0.4, -0.2) is 66.4 Å². The molecule has 0 amide bonds. The van der Waals surface area contributed by atoms with Crippen LogP contribution in [0, 0.1) is 0 Å². The molecule has 2 fully saturated rings. The van der Waals surface area contributed by atoms with E-state index in [1.807, 2.05) is 93.6 Å². The van der Waals surface area contributed by atoms with E-state index in [1.54, 1.807) is 0 Å². The van der Waals surface area contributed by atoms with E-state index in [9.17, 15) is 4.79 Å². The van der Waals surface area contributed by atoms with Crippen molar-refractivity contribution in [3.63, 3.8) is 0 Å². The quantitative estimate of drug-likeness (QED) is 0.174. The highest BCUT2D eigenvalue weighted by molar-refractivity contribution is 5.72. The molecule has 0 bridgehead atoms. The number of nitrogens with zero attached hydrogens (tertiary/aromatic N) is 3. The van der Waals surface area contributed by atoms with Crippen LogP contribution >= 0.6 is 0 Å². The molecule has 2 aliphatic heterocycles. The third-order valence-electron chi connectivity index (χ3n) is 8.61. The van der Waals surface area contributed by atoms with Crippen LogP contribution in [0.5, 0.6) is 11.8 Å². The summed E-state index contributed by atoms with van der Waals surface area (Å²) in [5, 5.41) is 0. The number of carbonyl (C=O) groups is 1. The van der Waals surface area contributed by atoms with Gasteiger partial charge < -0.3 is 23.8 Å². The molecule has 0 atom stereocenters. The molecule has 0 aliphatic carbocycles. The first-order valence-electron chi connectivity index (χ1n) is 16.5. The highest BCUT2D eigenvalue weighted by Gasteiger charge is 2.40. The Hall–Kier alpha value is -4.40. The van der Waals surface area contributed by atoms with Crippen LogP contribution in [0.25, 0.3) is 11.1 Å². The number of ether oxygens (including phenoxy) is 4. The fraction of sp³-hybridized carbons (Fsp3) is 0.385. The number of piperidine rings is 1. The van der Waals surface area contributed by atoms with Crippen LogP contribution in [-0.2, 0) is 27.5 Å². The maximum absolute atomic E-state index is 12.4. The largest absolute Gasteiger partial charge is 0.473 e. The lowest BCUT2D eigenvalue weighted by Gasteiger charge is -2.48. The fourth-order valence-electron chi connectivity index (χ4n) is 6.19. The molecular weight excluding hydrogens is 590 g/mol. The van der Waals surface area contributed by atoms with Gasteiger partial charge in [-0.25, -0.2) is 0 Å². The number of anilines is 1. The SMILES string of the molecule is CC(C)(C)OC(=O)CN1CCC2(CC1)CN(c1ccc(-c3ccc(OCc4ccccc4)nc3OCc3ccccc3)cc1)CCO2. The Morgan fingerprint density at radius 2 is 1.45 bits per heavy atom. The molecule has 6 rings (SSSR count). The van der Waals surface area contributed by atoms with Crippen molar-refractivity contribution in [1.29, 1.82) is 0 Å². The Balaban J connectivity index is 1.12. The normalized spacial score (nSPS) is 16.5. The van der Waals surface area contributed by atoms with Crippen molar-refractivity contribution < 1.29 is 23.7 Å². The zero-order valence-corrected chi connectivity index (χ0v) is 27.7.